The number of carbonyl (C=O) groups excluding carboxylic acids is 1. The molecule has 0 aliphatic carbocycles. The summed E-state index contributed by atoms with van der Waals surface area (Å²) in [5.74, 6) is -0.746. The predicted molar refractivity (Wildman–Crippen MR) is 60.0 cm³/mol. The van der Waals surface area contributed by atoms with Crippen LogP contribution >= 0.6 is 0 Å². The van der Waals surface area contributed by atoms with Gasteiger partial charge in [0.15, 0.2) is 0 Å². The van der Waals surface area contributed by atoms with Crippen LogP contribution in [-0.2, 0) is 14.8 Å². The molecule has 0 aromatic heterocycles. The first kappa shape index (κ1) is 12.5. The highest BCUT2D eigenvalue weighted by atomic mass is 32.2. The maximum absolute atomic E-state index is 11.7. The molecule has 1 amide bonds. The molecule has 16 heavy (non-hydrogen) atoms. The Morgan fingerprint density at radius 1 is 1.38 bits per heavy atom. The molecule has 6 nitrogen and oxygen atoms in total. The fraction of sp³-hybridized carbons (Fsp3) is 0.222. The Kier molecular flexibility index (Phi) is 3.51. The second-order valence-electron chi connectivity index (χ2n) is 3.37. The third kappa shape index (κ3) is 3.21. The van der Waals surface area contributed by atoms with Crippen LogP contribution in [0.4, 0.5) is 5.69 Å². The fourth-order valence-electron chi connectivity index (χ4n) is 1.18. The van der Waals surface area contributed by atoms with E-state index in [1.807, 2.05) is 0 Å². The van der Waals surface area contributed by atoms with Crippen LogP contribution < -0.4 is 16.2 Å². The molecule has 0 aliphatic rings. The molecule has 1 rings (SSSR count). The molecule has 1 aromatic carbocycles. The van der Waals surface area contributed by atoms with Crippen LogP contribution in [0.1, 0.15) is 5.56 Å². The first-order chi connectivity index (χ1) is 7.31. The van der Waals surface area contributed by atoms with Gasteiger partial charge in [0.05, 0.1) is 11.4 Å². The molecule has 5 N–H and O–H groups in total. The number of anilines is 1. The number of rotatable bonds is 4. The van der Waals surface area contributed by atoms with Crippen molar-refractivity contribution in [3.05, 3.63) is 23.8 Å². The Morgan fingerprint density at radius 3 is 2.50 bits per heavy atom. The highest BCUT2D eigenvalue weighted by Crippen LogP contribution is 2.15. The van der Waals surface area contributed by atoms with Gasteiger partial charge in [0.2, 0.25) is 15.9 Å². The summed E-state index contributed by atoms with van der Waals surface area (Å²) in [6, 6.07) is 4.42. The zero-order chi connectivity index (χ0) is 12.3. The van der Waals surface area contributed by atoms with Gasteiger partial charge in [-0.1, -0.05) is 0 Å². The first-order valence-electron chi connectivity index (χ1n) is 4.46. The van der Waals surface area contributed by atoms with E-state index in [1.165, 1.54) is 12.1 Å². The number of carbonyl (C=O) groups is 1. The Balaban J connectivity index is 3.02. The van der Waals surface area contributed by atoms with Crippen LogP contribution in [0.3, 0.4) is 0 Å². The molecule has 1 aromatic rings. The number of nitrogens with two attached hydrogens (primary N) is 2. The molecule has 88 valence electrons. The van der Waals surface area contributed by atoms with E-state index in [0.29, 0.717) is 5.69 Å². The van der Waals surface area contributed by atoms with Gasteiger partial charge in [-0.2, -0.15) is 0 Å². The van der Waals surface area contributed by atoms with Gasteiger partial charge in [-0.3, -0.25) is 4.79 Å². The van der Waals surface area contributed by atoms with Gasteiger partial charge in [-0.15, -0.1) is 0 Å². The molecule has 0 bridgehead atoms. The molecule has 0 spiro atoms. The normalized spacial score (nSPS) is 11.3. The Labute approximate surface area is 93.7 Å². The van der Waals surface area contributed by atoms with Gasteiger partial charge in [0, 0.05) is 5.69 Å². The smallest absolute Gasteiger partial charge is 0.241 e. The van der Waals surface area contributed by atoms with Crippen molar-refractivity contribution >= 4 is 21.6 Å². The SMILES string of the molecule is Cc1cc(N)cc(S(=O)(=O)NCC(N)=O)c1. The van der Waals surface area contributed by atoms with Crippen molar-refractivity contribution in [3.8, 4) is 0 Å². The number of nitrogen functional groups attached to an aromatic ring is 1. The predicted octanol–water partition coefficient (Wildman–Crippen LogP) is -0.659. The fourth-order valence-corrected chi connectivity index (χ4v) is 2.31. The Morgan fingerprint density at radius 2 is 2.00 bits per heavy atom. The van der Waals surface area contributed by atoms with Crippen molar-refractivity contribution in [2.24, 2.45) is 5.73 Å². The second-order valence-corrected chi connectivity index (χ2v) is 5.14. The summed E-state index contributed by atoms with van der Waals surface area (Å²) in [5, 5.41) is 0. The molecule has 0 fully saturated rings. The summed E-state index contributed by atoms with van der Waals surface area (Å²) in [4.78, 5) is 10.5. The number of nitrogens with one attached hydrogen (secondary N) is 1. The van der Waals surface area contributed by atoms with Crippen molar-refractivity contribution in [2.45, 2.75) is 11.8 Å². The summed E-state index contributed by atoms with van der Waals surface area (Å²) in [5.41, 5.74) is 11.4. The third-order valence-corrected chi connectivity index (χ3v) is 3.20. The topological polar surface area (TPSA) is 115 Å². The lowest BCUT2D eigenvalue weighted by Crippen LogP contribution is -2.33. The van der Waals surface area contributed by atoms with E-state index < -0.39 is 22.5 Å². The maximum atomic E-state index is 11.7. The van der Waals surface area contributed by atoms with Crippen molar-refractivity contribution in [2.75, 3.05) is 12.3 Å². The minimum absolute atomic E-state index is 0.0197. The van der Waals surface area contributed by atoms with E-state index in [1.54, 1.807) is 13.0 Å². The van der Waals surface area contributed by atoms with Gasteiger partial charge in [-0.05, 0) is 30.7 Å². The Bertz CT molecular complexity index is 490. The zero-order valence-electron chi connectivity index (χ0n) is 8.73. The molecule has 0 atom stereocenters. The van der Waals surface area contributed by atoms with E-state index in [-0.39, 0.29) is 4.90 Å². The minimum atomic E-state index is -3.73. The molecule has 0 unspecified atom stereocenters. The van der Waals surface area contributed by atoms with E-state index in [4.69, 9.17) is 11.5 Å². The average molecular weight is 243 g/mol. The minimum Gasteiger partial charge on any atom is -0.399 e. The highest BCUT2D eigenvalue weighted by molar-refractivity contribution is 7.89. The first-order valence-corrected chi connectivity index (χ1v) is 5.95. The second kappa shape index (κ2) is 4.50. The summed E-state index contributed by atoms with van der Waals surface area (Å²) < 4.78 is 25.4. The van der Waals surface area contributed by atoms with E-state index in [0.717, 1.165) is 5.56 Å². The standard InChI is InChI=1S/C9H13N3O3S/c1-6-2-7(10)4-8(3-6)16(14,15)12-5-9(11)13/h2-4,12H,5,10H2,1H3,(H2,11,13). The van der Waals surface area contributed by atoms with E-state index >= 15 is 0 Å². The van der Waals surface area contributed by atoms with Crippen molar-refractivity contribution in [1.82, 2.24) is 4.72 Å². The number of sulfonamides is 1. The van der Waals surface area contributed by atoms with Crippen LogP contribution in [0.5, 0.6) is 0 Å². The number of aryl methyl sites for hydroxylation is 1. The summed E-state index contributed by atoms with van der Waals surface area (Å²) in [7, 11) is -3.73. The van der Waals surface area contributed by atoms with E-state index in [2.05, 4.69) is 4.72 Å². The largest absolute Gasteiger partial charge is 0.399 e. The van der Waals surface area contributed by atoms with Crippen molar-refractivity contribution in [1.29, 1.82) is 0 Å². The molecule has 7 heteroatoms. The lowest BCUT2D eigenvalue weighted by molar-refractivity contribution is -0.116. The van der Waals surface area contributed by atoms with Crippen LogP contribution in [0.15, 0.2) is 23.1 Å². The molecular formula is C9H13N3O3S. The van der Waals surface area contributed by atoms with Gasteiger partial charge < -0.3 is 11.5 Å². The lowest BCUT2D eigenvalue weighted by Gasteiger charge is -2.06. The number of benzene rings is 1. The van der Waals surface area contributed by atoms with Gasteiger partial charge >= 0.3 is 0 Å². The van der Waals surface area contributed by atoms with Gasteiger partial charge in [0.1, 0.15) is 0 Å². The number of hydrogen-bond donors (Lipinski definition) is 3. The zero-order valence-corrected chi connectivity index (χ0v) is 9.54. The van der Waals surface area contributed by atoms with Crippen LogP contribution in [0, 0.1) is 6.92 Å². The summed E-state index contributed by atoms with van der Waals surface area (Å²) in [6.07, 6.45) is 0. The third-order valence-electron chi connectivity index (χ3n) is 1.82. The highest BCUT2D eigenvalue weighted by Gasteiger charge is 2.15. The molecule has 0 radical (unpaired) electrons. The van der Waals surface area contributed by atoms with Crippen LogP contribution in [-0.4, -0.2) is 20.9 Å². The summed E-state index contributed by atoms with van der Waals surface area (Å²) in [6.45, 7) is 1.29. The van der Waals surface area contributed by atoms with Gasteiger partial charge in [-0.25, -0.2) is 13.1 Å². The van der Waals surface area contributed by atoms with Crippen molar-refractivity contribution in [3.63, 3.8) is 0 Å². The van der Waals surface area contributed by atoms with Crippen LogP contribution in [0.2, 0.25) is 0 Å². The van der Waals surface area contributed by atoms with Gasteiger partial charge in [0.25, 0.3) is 0 Å². The van der Waals surface area contributed by atoms with Crippen molar-refractivity contribution < 1.29 is 13.2 Å². The lowest BCUT2D eigenvalue weighted by atomic mass is 10.2. The number of hydrogen-bond acceptors (Lipinski definition) is 4. The maximum Gasteiger partial charge on any atom is 0.241 e. The quantitative estimate of drug-likeness (QED) is 0.609. The summed E-state index contributed by atoms with van der Waals surface area (Å²) >= 11 is 0. The number of amides is 1. The molecule has 0 saturated carbocycles. The van der Waals surface area contributed by atoms with Crippen LogP contribution in [0.25, 0.3) is 0 Å². The molecule has 0 aliphatic heterocycles. The average Bonchev–Trinajstić information content (AvgIpc) is 2.13. The van der Waals surface area contributed by atoms with E-state index in [9.17, 15) is 13.2 Å². The number of primary amides is 1. The molecule has 0 saturated heterocycles. The monoisotopic (exact) mass is 243 g/mol. The Hall–Kier alpha value is -1.60. The molecular weight excluding hydrogens is 230 g/mol. The molecule has 0 heterocycles.